The molecule has 1 amide bonds. The van der Waals surface area contributed by atoms with E-state index >= 15 is 0 Å². The largest absolute Gasteiger partial charge is 0.497 e. The van der Waals surface area contributed by atoms with Crippen LogP contribution in [0.2, 0.25) is 0 Å². The van der Waals surface area contributed by atoms with Gasteiger partial charge in [0.25, 0.3) is 11.5 Å². The van der Waals surface area contributed by atoms with Gasteiger partial charge in [0.2, 0.25) is 0 Å². The number of ether oxygens (including phenoxy) is 2. The van der Waals surface area contributed by atoms with E-state index in [-0.39, 0.29) is 11.5 Å². The number of thiocarbonyl (C=S) groups is 1. The molecule has 7 nitrogen and oxygen atoms in total. The Morgan fingerprint density at radius 2 is 1.81 bits per heavy atom. The molecule has 2 aromatic carbocycles. The lowest BCUT2D eigenvalue weighted by atomic mass is 10.1. The molecule has 2 aliphatic rings. The molecule has 1 aromatic heterocycles. The van der Waals surface area contributed by atoms with E-state index in [9.17, 15) is 9.59 Å². The summed E-state index contributed by atoms with van der Waals surface area (Å²) in [6.07, 6.45) is 1.74. The first-order valence-electron chi connectivity index (χ1n) is 11.9. The lowest BCUT2D eigenvalue weighted by Crippen LogP contribution is -2.38. The number of carbonyl (C=O) groups is 1. The third-order valence-electron chi connectivity index (χ3n) is 6.47. The van der Waals surface area contributed by atoms with Gasteiger partial charge >= 0.3 is 0 Å². The molecule has 3 aromatic rings. The number of thioether (sulfide) groups is 1. The highest BCUT2D eigenvalue weighted by Crippen LogP contribution is 2.37. The van der Waals surface area contributed by atoms with Crippen LogP contribution in [0, 0.1) is 0 Å². The zero-order chi connectivity index (χ0) is 25.2. The quantitative estimate of drug-likeness (QED) is 0.355. The summed E-state index contributed by atoms with van der Waals surface area (Å²) in [6, 6.07) is 15.5. The molecule has 0 spiro atoms. The summed E-state index contributed by atoms with van der Waals surface area (Å²) >= 11 is 6.81. The van der Waals surface area contributed by atoms with Crippen molar-refractivity contribution in [2.24, 2.45) is 0 Å². The number of hydrogen-bond acceptors (Lipinski definition) is 7. The molecule has 0 radical (unpaired) electrons. The number of aromatic nitrogens is 1. The van der Waals surface area contributed by atoms with Crippen molar-refractivity contribution < 1.29 is 14.3 Å². The van der Waals surface area contributed by atoms with Crippen molar-refractivity contribution in [3.63, 3.8) is 0 Å². The SMILES string of the molecule is CCn1c(=O)c(C=C2SC(=S)N(Cc3ccc(OC)cc3)C2=O)c(N2CCOCC2)c2ccccc21. The highest BCUT2D eigenvalue weighted by molar-refractivity contribution is 8.26. The molecule has 2 saturated heterocycles. The van der Waals surface area contributed by atoms with Crippen LogP contribution in [-0.4, -0.2) is 53.1 Å². The van der Waals surface area contributed by atoms with E-state index < -0.39 is 0 Å². The molecule has 0 aliphatic carbocycles. The van der Waals surface area contributed by atoms with Gasteiger partial charge in [0.15, 0.2) is 0 Å². The van der Waals surface area contributed by atoms with Crippen LogP contribution >= 0.6 is 24.0 Å². The molecule has 36 heavy (non-hydrogen) atoms. The number of morpholine rings is 1. The van der Waals surface area contributed by atoms with E-state index in [4.69, 9.17) is 21.7 Å². The monoisotopic (exact) mass is 521 g/mol. The number of amides is 1. The van der Waals surface area contributed by atoms with Crippen molar-refractivity contribution in [3.8, 4) is 5.75 Å². The standard InChI is InChI=1S/C27H27N3O4S2/c1-3-29-22-7-5-4-6-20(22)24(28-12-14-34-15-13-28)21(25(29)31)16-23-26(32)30(27(35)36-23)17-18-8-10-19(33-2)11-9-18/h4-11,16H,3,12-15,17H2,1-2H3. The number of para-hydroxylation sites is 1. The van der Waals surface area contributed by atoms with Crippen LogP contribution < -0.4 is 15.2 Å². The van der Waals surface area contributed by atoms with E-state index in [0.717, 1.165) is 27.9 Å². The zero-order valence-corrected chi connectivity index (χ0v) is 21.9. The van der Waals surface area contributed by atoms with Crippen molar-refractivity contribution >= 4 is 56.9 Å². The van der Waals surface area contributed by atoms with Gasteiger partial charge in [-0.1, -0.05) is 54.3 Å². The van der Waals surface area contributed by atoms with Crippen LogP contribution in [0.5, 0.6) is 5.75 Å². The molecule has 9 heteroatoms. The molecule has 0 saturated carbocycles. The van der Waals surface area contributed by atoms with Crippen LogP contribution in [0.3, 0.4) is 0 Å². The average molecular weight is 522 g/mol. The number of carbonyl (C=O) groups excluding carboxylic acids is 1. The minimum absolute atomic E-state index is 0.113. The van der Waals surface area contributed by atoms with Gasteiger partial charge < -0.3 is 18.9 Å². The van der Waals surface area contributed by atoms with Gasteiger partial charge in [0.05, 0.1) is 48.5 Å². The van der Waals surface area contributed by atoms with Crippen molar-refractivity contribution in [1.29, 1.82) is 0 Å². The molecule has 186 valence electrons. The molecule has 2 fully saturated rings. The second-order valence-electron chi connectivity index (χ2n) is 8.54. The third-order valence-corrected chi connectivity index (χ3v) is 7.85. The lowest BCUT2D eigenvalue weighted by Gasteiger charge is -2.31. The number of nitrogens with zero attached hydrogens (tertiary/aromatic N) is 3. The molecular formula is C27H27N3O4S2. The molecule has 2 aliphatic heterocycles. The number of aryl methyl sites for hydroxylation is 1. The van der Waals surface area contributed by atoms with Crippen molar-refractivity contribution in [2.45, 2.75) is 20.0 Å². The first kappa shape index (κ1) is 24.5. The first-order valence-corrected chi connectivity index (χ1v) is 13.1. The maximum atomic E-state index is 13.8. The van der Waals surface area contributed by atoms with E-state index in [1.165, 1.54) is 11.8 Å². The topological polar surface area (TPSA) is 64.0 Å². The van der Waals surface area contributed by atoms with Gasteiger partial charge in [-0.05, 0) is 36.8 Å². The first-order chi connectivity index (χ1) is 17.5. The van der Waals surface area contributed by atoms with Crippen LogP contribution in [0.1, 0.15) is 18.1 Å². The molecular weight excluding hydrogens is 494 g/mol. The average Bonchev–Trinajstić information content (AvgIpc) is 3.17. The van der Waals surface area contributed by atoms with Gasteiger partial charge in [-0.15, -0.1) is 0 Å². The van der Waals surface area contributed by atoms with E-state index in [2.05, 4.69) is 4.90 Å². The van der Waals surface area contributed by atoms with Gasteiger partial charge in [-0.2, -0.15) is 0 Å². The smallest absolute Gasteiger partial charge is 0.266 e. The molecule has 5 rings (SSSR count). The Kier molecular flexibility index (Phi) is 7.13. The summed E-state index contributed by atoms with van der Waals surface area (Å²) in [4.78, 5) is 31.4. The summed E-state index contributed by atoms with van der Waals surface area (Å²) in [6.45, 7) is 5.39. The fourth-order valence-electron chi connectivity index (χ4n) is 4.66. The fourth-order valence-corrected chi connectivity index (χ4v) is 5.90. The Labute approximate surface area is 219 Å². The summed E-state index contributed by atoms with van der Waals surface area (Å²) in [5, 5.41) is 0.987. The van der Waals surface area contributed by atoms with E-state index in [1.807, 2.05) is 55.5 Å². The van der Waals surface area contributed by atoms with Gasteiger partial charge in [-0.3, -0.25) is 14.5 Å². The number of pyridine rings is 1. The molecule has 3 heterocycles. The molecule has 0 atom stereocenters. The Hall–Kier alpha value is -3.14. The second-order valence-corrected chi connectivity index (χ2v) is 10.2. The number of rotatable bonds is 6. The van der Waals surface area contributed by atoms with E-state index in [0.29, 0.717) is 54.2 Å². The molecule has 0 bridgehead atoms. The number of hydrogen-bond donors (Lipinski definition) is 0. The predicted octanol–water partition coefficient (Wildman–Crippen LogP) is 4.27. The van der Waals surface area contributed by atoms with Crippen LogP contribution in [0.25, 0.3) is 17.0 Å². The number of benzene rings is 2. The Morgan fingerprint density at radius 3 is 2.50 bits per heavy atom. The Bertz CT molecular complexity index is 1410. The van der Waals surface area contributed by atoms with Crippen molar-refractivity contribution in [2.75, 3.05) is 38.3 Å². The summed E-state index contributed by atoms with van der Waals surface area (Å²) in [7, 11) is 1.62. The highest BCUT2D eigenvalue weighted by atomic mass is 32.2. The zero-order valence-electron chi connectivity index (χ0n) is 20.2. The van der Waals surface area contributed by atoms with Crippen molar-refractivity contribution in [1.82, 2.24) is 9.47 Å². The maximum absolute atomic E-state index is 13.8. The number of fused-ring (bicyclic) bond motifs is 1. The second kappa shape index (κ2) is 10.5. The minimum Gasteiger partial charge on any atom is -0.497 e. The lowest BCUT2D eigenvalue weighted by molar-refractivity contribution is -0.122. The van der Waals surface area contributed by atoms with Gasteiger partial charge in [-0.25, -0.2) is 0 Å². The highest BCUT2D eigenvalue weighted by Gasteiger charge is 2.33. The number of methoxy groups -OCH3 is 1. The van der Waals surface area contributed by atoms with Crippen LogP contribution in [0.4, 0.5) is 5.69 Å². The van der Waals surface area contributed by atoms with Gasteiger partial charge in [0, 0.05) is 25.0 Å². The molecule has 0 unspecified atom stereocenters. The normalized spacial score (nSPS) is 17.4. The summed E-state index contributed by atoms with van der Waals surface area (Å²) < 4.78 is 13.0. The Morgan fingerprint density at radius 1 is 1.08 bits per heavy atom. The summed E-state index contributed by atoms with van der Waals surface area (Å²) in [5.74, 6) is 0.563. The fraction of sp³-hybridized carbons (Fsp3) is 0.296. The number of anilines is 1. The summed E-state index contributed by atoms with van der Waals surface area (Å²) in [5.41, 5.74) is 3.08. The third kappa shape index (κ3) is 4.54. The molecule has 0 N–H and O–H groups in total. The maximum Gasteiger partial charge on any atom is 0.266 e. The Balaban J connectivity index is 1.58. The van der Waals surface area contributed by atoms with Crippen LogP contribution in [-0.2, 0) is 22.6 Å². The van der Waals surface area contributed by atoms with Crippen LogP contribution in [0.15, 0.2) is 58.2 Å². The predicted molar refractivity (Wildman–Crippen MR) is 149 cm³/mol. The van der Waals surface area contributed by atoms with Gasteiger partial charge in [0.1, 0.15) is 10.1 Å². The van der Waals surface area contributed by atoms with E-state index in [1.54, 1.807) is 22.7 Å². The van der Waals surface area contributed by atoms with Crippen molar-refractivity contribution in [3.05, 3.63) is 74.9 Å². The minimum atomic E-state index is -0.190.